The van der Waals surface area contributed by atoms with E-state index >= 15 is 0 Å². The maximum atomic E-state index is 11.7. The van der Waals surface area contributed by atoms with Crippen LogP contribution in [0.15, 0.2) is 24.5 Å². The van der Waals surface area contributed by atoms with E-state index in [9.17, 15) is 4.79 Å². The topological polar surface area (TPSA) is 58.4 Å². The number of nitrogens with one attached hydrogen (secondary N) is 2. The number of hydrogen-bond donors (Lipinski definition) is 2. The van der Waals surface area contributed by atoms with Crippen molar-refractivity contribution in [2.75, 3.05) is 23.9 Å². The van der Waals surface area contributed by atoms with Crippen LogP contribution in [0.4, 0.5) is 10.5 Å². The highest BCUT2D eigenvalue weighted by atomic mass is 32.2. The molecule has 2 aromatic rings. The smallest absolute Gasteiger partial charge is 0.319 e. The molecule has 2 aromatic heterocycles. The molecule has 2 amide bonds. The number of pyridine rings is 1. The fraction of sp³-hybridized carbons (Fsp3) is 0.385. The summed E-state index contributed by atoms with van der Waals surface area (Å²) in [6, 6.07) is 3.57. The molecule has 0 saturated heterocycles. The van der Waals surface area contributed by atoms with E-state index in [0.29, 0.717) is 6.54 Å². The van der Waals surface area contributed by atoms with Crippen LogP contribution in [-0.2, 0) is 0 Å². The van der Waals surface area contributed by atoms with Crippen molar-refractivity contribution in [3.63, 3.8) is 0 Å². The zero-order chi connectivity index (χ0) is 13.7. The van der Waals surface area contributed by atoms with Gasteiger partial charge in [-0.15, -0.1) is 0 Å². The predicted octanol–water partition coefficient (Wildman–Crippen LogP) is 2.52. The van der Waals surface area contributed by atoms with Gasteiger partial charge in [0.15, 0.2) is 0 Å². The fourth-order valence-corrected chi connectivity index (χ4v) is 2.22. The number of aryl methyl sites for hydroxylation is 1. The van der Waals surface area contributed by atoms with E-state index in [-0.39, 0.29) is 6.03 Å². The highest BCUT2D eigenvalue weighted by Crippen LogP contribution is 2.11. The van der Waals surface area contributed by atoms with Gasteiger partial charge in [-0.1, -0.05) is 0 Å². The van der Waals surface area contributed by atoms with Gasteiger partial charge in [0.1, 0.15) is 5.65 Å². The third kappa shape index (κ3) is 3.89. The molecule has 2 rings (SSSR count). The van der Waals surface area contributed by atoms with Crippen molar-refractivity contribution in [2.24, 2.45) is 0 Å². The van der Waals surface area contributed by atoms with Crippen LogP contribution in [-0.4, -0.2) is 34.0 Å². The maximum absolute atomic E-state index is 11.7. The largest absolute Gasteiger partial charge is 0.338 e. The summed E-state index contributed by atoms with van der Waals surface area (Å²) < 4.78 is 1.90. The summed E-state index contributed by atoms with van der Waals surface area (Å²) in [5.41, 5.74) is 2.59. The van der Waals surface area contributed by atoms with Gasteiger partial charge in [-0.25, -0.2) is 9.78 Å². The molecule has 0 radical (unpaired) electrons. The molecule has 2 N–H and O–H groups in total. The minimum absolute atomic E-state index is 0.169. The average Bonchev–Trinajstić information content (AvgIpc) is 2.74. The Morgan fingerprint density at radius 2 is 2.26 bits per heavy atom. The lowest BCUT2D eigenvalue weighted by molar-refractivity contribution is 0.252. The standard InChI is InChI=1S/C13H18N4OS/c1-10-8-17-9-11(4-5-12(17)15-10)16-13(18)14-6-3-7-19-2/h4-5,8-9H,3,6-7H2,1-2H3,(H2,14,16,18). The highest BCUT2D eigenvalue weighted by Gasteiger charge is 2.03. The minimum atomic E-state index is -0.169. The van der Waals surface area contributed by atoms with Gasteiger partial charge in [0.2, 0.25) is 0 Å². The quantitative estimate of drug-likeness (QED) is 0.826. The van der Waals surface area contributed by atoms with E-state index in [0.717, 1.165) is 29.2 Å². The van der Waals surface area contributed by atoms with Crippen molar-refractivity contribution >= 4 is 29.1 Å². The SMILES string of the molecule is CSCCCNC(=O)Nc1ccc2nc(C)cn2c1. The van der Waals surface area contributed by atoms with Crippen LogP contribution in [0.25, 0.3) is 5.65 Å². The van der Waals surface area contributed by atoms with Gasteiger partial charge >= 0.3 is 6.03 Å². The number of urea groups is 1. The molecular weight excluding hydrogens is 260 g/mol. The number of carbonyl (C=O) groups is 1. The summed E-state index contributed by atoms with van der Waals surface area (Å²) in [6.45, 7) is 2.64. The summed E-state index contributed by atoms with van der Waals surface area (Å²) in [6.07, 6.45) is 6.82. The van der Waals surface area contributed by atoms with Gasteiger partial charge in [0.05, 0.1) is 11.4 Å². The summed E-state index contributed by atoms with van der Waals surface area (Å²) >= 11 is 1.78. The molecule has 0 aromatic carbocycles. The summed E-state index contributed by atoms with van der Waals surface area (Å²) in [7, 11) is 0. The number of fused-ring (bicyclic) bond motifs is 1. The van der Waals surface area contributed by atoms with Crippen LogP contribution in [0.3, 0.4) is 0 Å². The average molecular weight is 278 g/mol. The van der Waals surface area contributed by atoms with Gasteiger partial charge in [0, 0.05) is 18.9 Å². The molecule has 102 valence electrons. The number of carbonyl (C=O) groups excluding carboxylic acids is 1. The van der Waals surface area contributed by atoms with E-state index in [4.69, 9.17) is 0 Å². The van der Waals surface area contributed by atoms with E-state index in [1.54, 1.807) is 11.8 Å². The first-order chi connectivity index (χ1) is 9.19. The van der Waals surface area contributed by atoms with Crippen molar-refractivity contribution in [2.45, 2.75) is 13.3 Å². The molecule has 2 heterocycles. The van der Waals surface area contributed by atoms with Crippen molar-refractivity contribution < 1.29 is 4.79 Å². The Morgan fingerprint density at radius 3 is 3.05 bits per heavy atom. The number of hydrogen-bond acceptors (Lipinski definition) is 3. The molecule has 5 nitrogen and oxygen atoms in total. The number of aromatic nitrogens is 2. The number of thioether (sulfide) groups is 1. The molecule has 0 aliphatic rings. The Labute approximate surface area is 116 Å². The Morgan fingerprint density at radius 1 is 1.42 bits per heavy atom. The number of imidazole rings is 1. The number of anilines is 1. The number of rotatable bonds is 5. The Bertz CT molecular complexity index is 567. The second-order valence-corrected chi connectivity index (χ2v) is 5.28. The molecule has 0 bridgehead atoms. The van der Waals surface area contributed by atoms with Gasteiger partial charge < -0.3 is 15.0 Å². The predicted molar refractivity (Wildman–Crippen MR) is 79.9 cm³/mol. The van der Waals surface area contributed by atoms with E-state index < -0.39 is 0 Å². The monoisotopic (exact) mass is 278 g/mol. The summed E-state index contributed by atoms with van der Waals surface area (Å²) in [4.78, 5) is 16.0. The third-order valence-corrected chi connectivity index (χ3v) is 3.34. The Hall–Kier alpha value is -1.69. The van der Waals surface area contributed by atoms with Crippen molar-refractivity contribution in [3.05, 3.63) is 30.2 Å². The lowest BCUT2D eigenvalue weighted by Crippen LogP contribution is -2.29. The lowest BCUT2D eigenvalue weighted by atomic mass is 10.4. The zero-order valence-electron chi connectivity index (χ0n) is 11.1. The summed E-state index contributed by atoms with van der Waals surface area (Å²) in [5, 5.41) is 5.65. The van der Waals surface area contributed by atoms with E-state index in [1.807, 2.05) is 35.9 Å². The summed E-state index contributed by atoms with van der Waals surface area (Å²) in [5.74, 6) is 1.06. The van der Waals surface area contributed by atoms with Crippen LogP contribution in [0.5, 0.6) is 0 Å². The Kier molecular flexibility index (Phi) is 4.68. The first-order valence-electron chi connectivity index (χ1n) is 6.18. The molecule has 0 unspecified atom stereocenters. The van der Waals surface area contributed by atoms with Crippen molar-refractivity contribution in [3.8, 4) is 0 Å². The normalized spacial score (nSPS) is 10.6. The molecule has 6 heteroatoms. The molecule has 0 fully saturated rings. The van der Waals surface area contributed by atoms with Crippen LogP contribution in [0.1, 0.15) is 12.1 Å². The first kappa shape index (κ1) is 13.7. The molecular formula is C13H18N4OS. The number of amides is 2. The van der Waals surface area contributed by atoms with Gasteiger partial charge in [0.25, 0.3) is 0 Å². The molecule has 0 spiro atoms. The van der Waals surface area contributed by atoms with E-state index in [1.165, 1.54) is 0 Å². The highest BCUT2D eigenvalue weighted by molar-refractivity contribution is 7.98. The minimum Gasteiger partial charge on any atom is -0.338 e. The first-order valence-corrected chi connectivity index (χ1v) is 7.57. The Balaban J connectivity index is 1.91. The van der Waals surface area contributed by atoms with Crippen LogP contribution in [0.2, 0.25) is 0 Å². The van der Waals surface area contributed by atoms with Gasteiger partial charge in [-0.3, -0.25) is 0 Å². The molecule has 0 saturated carbocycles. The van der Waals surface area contributed by atoms with Crippen LogP contribution >= 0.6 is 11.8 Å². The fourth-order valence-electron chi connectivity index (χ4n) is 1.79. The third-order valence-electron chi connectivity index (χ3n) is 2.64. The molecule has 0 aliphatic heterocycles. The van der Waals surface area contributed by atoms with Gasteiger partial charge in [-0.2, -0.15) is 11.8 Å². The second kappa shape index (κ2) is 6.47. The molecule has 0 aliphatic carbocycles. The lowest BCUT2D eigenvalue weighted by Gasteiger charge is -2.07. The van der Waals surface area contributed by atoms with Gasteiger partial charge in [-0.05, 0) is 37.5 Å². The van der Waals surface area contributed by atoms with Crippen LogP contribution in [0, 0.1) is 6.92 Å². The van der Waals surface area contributed by atoms with Crippen molar-refractivity contribution in [1.29, 1.82) is 0 Å². The maximum Gasteiger partial charge on any atom is 0.319 e. The molecule has 19 heavy (non-hydrogen) atoms. The second-order valence-electron chi connectivity index (χ2n) is 4.29. The van der Waals surface area contributed by atoms with Crippen molar-refractivity contribution in [1.82, 2.24) is 14.7 Å². The van der Waals surface area contributed by atoms with E-state index in [2.05, 4.69) is 21.9 Å². The van der Waals surface area contributed by atoms with Crippen LogP contribution < -0.4 is 10.6 Å². The number of nitrogens with zero attached hydrogens (tertiary/aromatic N) is 2. The molecule has 0 atom stereocenters. The zero-order valence-corrected chi connectivity index (χ0v) is 12.0.